The fourth-order valence-electron chi connectivity index (χ4n) is 2.67. The molecule has 8 nitrogen and oxygen atoms in total. The lowest BCUT2D eigenvalue weighted by Gasteiger charge is -2.31. The summed E-state index contributed by atoms with van der Waals surface area (Å²) < 4.78 is 12.1. The minimum absolute atomic E-state index is 0.0416. The van der Waals surface area contributed by atoms with Crippen molar-refractivity contribution < 1.29 is 14.0 Å². The zero-order chi connectivity index (χ0) is 16.4. The van der Waals surface area contributed by atoms with Crippen LogP contribution >= 0.6 is 15.9 Å². The van der Waals surface area contributed by atoms with Crippen molar-refractivity contribution in [3.8, 4) is 0 Å². The van der Waals surface area contributed by atoms with Crippen LogP contribution < -0.4 is 4.84 Å². The molecule has 0 aliphatic carbocycles. The van der Waals surface area contributed by atoms with E-state index in [1.807, 2.05) is 24.3 Å². The van der Waals surface area contributed by atoms with Crippen molar-refractivity contribution in [3.63, 3.8) is 0 Å². The van der Waals surface area contributed by atoms with E-state index in [1.165, 1.54) is 4.85 Å². The summed E-state index contributed by atoms with van der Waals surface area (Å²) in [4.78, 5) is 13.5. The lowest BCUT2D eigenvalue weighted by Crippen LogP contribution is -2.45. The molecule has 3 aromatic rings. The van der Waals surface area contributed by atoms with Gasteiger partial charge in [0.2, 0.25) is 5.65 Å². The second kappa shape index (κ2) is 6.88. The Balaban J connectivity index is 1.34. The molecule has 1 aliphatic heterocycles. The first kappa shape index (κ1) is 15.6. The number of ether oxygens (including phenoxy) is 1. The molecule has 4 rings (SSSR count). The molecule has 3 aromatic heterocycles. The van der Waals surface area contributed by atoms with Crippen molar-refractivity contribution in [1.82, 2.24) is 25.0 Å². The number of aromatic nitrogens is 4. The van der Waals surface area contributed by atoms with Crippen LogP contribution in [0.2, 0.25) is 0 Å². The van der Waals surface area contributed by atoms with Crippen molar-refractivity contribution in [2.45, 2.75) is 12.6 Å². The summed E-state index contributed by atoms with van der Waals surface area (Å²) in [6.45, 7) is 3.42. The van der Waals surface area contributed by atoms with Crippen LogP contribution in [-0.2, 0) is 11.3 Å². The van der Waals surface area contributed by atoms with Gasteiger partial charge in [0.15, 0.2) is 4.67 Å². The van der Waals surface area contributed by atoms with Crippen molar-refractivity contribution in [3.05, 3.63) is 40.9 Å². The number of rotatable bonds is 5. The molecule has 24 heavy (non-hydrogen) atoms. The molecular formula is C15H16BrN5O3. The summed E-state index contributed by atoms with van der Waals surface area (Å²) in [5, 5.41) is 7.97. The number of pyridine rings is 1. The molecule has 1 saturated heterocycles. The maximum absolute atomic E-state index is 5.77. The number of morpholine rings is 1. The van der Waals surface area contributed by atoms with Gasteiger partial charge in [-0.3, -0.25) is 4.90 Å². The molecule has 126 valence electrons. The first-order valence-electron chi connectivity index (χ1n) is 7.66. The van der Waals surface area contributed by atoms with E-state index < -0.39 is 0 Å². The summed E-state index contributed by atoms with van der Waals surface area (Å²) in [5.41, 5.74) is 1.30. The third-order valence-corrected chi connectivity index (χ3v) is 4.22. The Hall–Kier alpha value is -1.97. The SMILES string of the molecule is Brc1ccc(CN2CCOC(COn3nnc4cccnc43)C2)o1. The molecule has 0 amide bonds. The van der Waals surface area contributed by atoms with Crippen LogP contribution in [0.5, 0.6) is 0 Å². The molecular weight excluding hydrogens is 378 g/mol. The molecule has 1 unspecified atom stereocenters. The van der Waals surface area contributed by atoms with E-state index in [1.54, 1.807) is 6.20 Å². The number of hydrogen-bond donors (Lipinski definition) is 0. The summed E-state index contributed by atoms with van der Waals surface area (Å²) in [5.74, 6) is 0.926. The van der Waals surface area contributed by atoms with Gasteiger partial charge in [-0.25, -0.2) is 4.98 Å². The van der Waals surface area contributed by atoms with E-state index >= 15 is 0 Å². The number of hydrogen-bond acceptors (Lipinski definition) is 7. The predicted octanol–water partition coefficient (Wildman–Crippen LogP) is 1.51. The highest BCUT2D eigenvalue weighted by Gasteiger charge is 2.22. The maximum atomic E-state index is 5.77. The zero-order valence-electron chi connectivity index (χ0n) is 12.8. The maximum Gasteiger partial charge on any atom is 0.219 e. The minimum Gasteiger partial charge on any atom is -0.453 e. The van der Waals surface area contributed by atoms with Gasteiger partial charge in [0.05, 0.1) is 13.2 Å². The second-order valence-electron chi connectivity index (χ2n) is 5.54. The van der Waals surface area contributed by atoms with Crippen molar-refractivity contribution in [1.29, 1.82) is 0 Å². The standard InChI is InChI=1S/C15H16BrN5O3/c16-14-4-3-11(24-14)8-20-6-7-22-12(9-20)10-23-21-15-13(18-19-21)2-1-5-17-15/h1-5,12H,6-10H2. The molecule has 0 radical (unpaired) electrons. The largest absolute Gasteiger partial charge is 0.453 e. The average molecular weight is 394 g/mol. The third-order valence-electron chi connectivity index (χ3n) is 3.79. The molecule has 0 spiro atoms. The van der Waals surface area contributed by atoms with E-state index in [-0.39, 0.29) is 6.10 Å². The minimum atomic E-state index is -0.0416. The Labute approximate surface area is 146 Å². The summed E-state index contributed by atoms with van der Waals surface area (Å²) in [7, 11) is 0. The highest BCUT2D eigenvalue weighted by Crippen LogP contribution is 2.17. The Bertz CT molecular complexity index is 820. The Kier molecular flexibility index (Phi) is 4.46. The summed E-state index contributed by atoms with van der Waals surface area (Å²) in [6.07, 6.45) is 1.64. The van der Waals surface area contributed by atoms with Crippen molar-refractivity contribution in [2.75, 3.05) is 26.3 Å². The monoisotopic (exact) mass is 393 g/mol. The second-order valence-corrected chi connectivity index (χ2v) is 6.32. The summed E-state index contributed by atoms with van der Waals surface area (Å²) >= 11 is 3.32. The van der Waals surface area contributed by atoms with Gasteiger partial charge in [0.25, 0.3) is 0 Å². The van der Waals surface area contributed by atoms with Gasteiger partial charge in [0, 0.05) is 19.3 Å². The van der Waals surface area contributed by atoms with Crippen LogP contribution in [-0.4, -0.2) is 57.4 Å². The molecule has 1 atom stereocenters. The van der Waals surface area contributed by atoms with E-state index in [4.69, 9.17) is 14.0 Å². The molecule has 9 heteroatoms. The molecule has 1 aliphatic rings. The molecule has 0 bridgehead atoms. The fraction of sp³-hybridized carbons (Fsp3) is 0.400. The van der Waals surface area contributed by atoms with Gasteiger partial charge in [-0.15, -0.1) is 5.10 Å². The molecule has 0 aromatic carbocycles. The van der Waals surface area contributed by atoms with Crippen LogP contribution in [0, 0.1) is 0 Å². The Morgan fingerprint density at radius 3 is 3.17 bits per heavy atom. The van der Waals surface area contributed by atoms with Crippen molar-refractivity contribution >= 4 is 27.1 Å². The van der Waals surface area contributed by atoms with E-state index in [0.717, 1.165) is 30.1 Å². The fourth-order valence-corrected chi connectivity index (χ4v) is 3.01. The molecule has 4 heterocycles. The zero-order valence-corrected chi connectivity index (χ0v) is 14.4. The van der Waals surface area contributed by atoms with Gasteiger partial charge in [-0.2, -0.15) is 0 Å². The average Bonchev–Trinajstić information content (AvgIpc) is 3.19. The van der Waals surface area contributed by atoms with Crippen LogP contribution in [0.4, 0.5) is 0 Å². The predicted molar refractivity (Wildman–Crippen MR) is 88.2 cm³/mol. The van der Waals surface area contributed by atoms with Crippen molar-refractivity contribution in [2.24, 2.45) is 0 Å². The Morgan fingerprint density at radius 2 is 2.29 bits per heavy atom. The van der Waals surface area contributed by atoms with E-state index in [2.05, 4.69) is 36.1 Å². The van der Waals surface area contributed by atoms with Gasteiger partial charge >= 0.3 is 0 Å². The highest BCUT2D eigenvalue weighted by atomic mass is 79.9. The van der Waals surface area contributed by atoms with Gasteiger partial charge in [-0.1, -0.05) is 4.85 Å². The van der Waals surface area contributed by atoms with E-state index in [9.17, 15) is 0 Å². The molecule has 0 saturated carbocycles. The third kappa shape index (κ3) is 3.42. The number of furan rings is 1. The number of halogens is 1. The molecule has 0 N–H and O–H groups in total. The first-order valence-corrected chi connectivity index (χ1v) is 8.45. The normalized spacial score (nSPS) is 19.0. The van der Waals surface area contributed by atoms with Gasteiger partial charge in [-0.05, 0) is 45.4 Å². The van der Waals surface area contributed by atoms with Crippen LogP contribution in [0.1, 0.15) is 5.76 Å². The van der Waals surface area contributed by atoms with Crippen LogP contribution in [0.25, 0.3) is 11.2 Å². The molecule has 1 fully saturated rings. The lowest BCUT2D eigenvalue weighted by atomic mass is 10.2. The van der Waals surface area contributed by atoms with Crippen LogP contribution in [0.15, 0.2) is 39.5 Å². The summed E-state index contributed by atoms with van der Waals surface area (Å²) in [6, 6.07) is 7.53. The van der Waals surface area contributed by atoms with Gasteiger partial charge in [0.1, 0.15) is 24.0 Å². The number of nitrogens with zero attached hydrogens (tertiary/aromatic N) is 5. The van der Waals surface area contributed by atoms with Gasteiger partial charge < -0.3 is 14.0 Å². The van der Waals surface area contributed by atoms with Crippen LogP contribution in [0.3, 0.4) is 0 Å². The first-order chi connectivity index (χ1) is 11.8. The topological polar surface area (TPSA) is 78.4 Å². The quantitative estimate of drug-likeness (QED) is 0.649. The Morgan fingerprint density at radius 1 is 1.33 bits per heavy atom. The highest BCUT2D eigenvalue weighted by molar-refractivity contribution is 9.10. The lowest BCUT2D eigenvalue weighted by molar-refractivity contribution is -0.0780. The smallest absolute Gasteiger partial charge is 0.219 e. The number of fused-ring (bicyclic) bond motifs is 1. The van der Waals surface area contributed by atoms with E-state index in [0.29, 0.717) is 24.4 Å².